The molecule has 7 heteroatoms. The summed E-state index contributed by atoms with van der Waals surface area (Å²) in [5.41, 5.74) is 11.0. The number of hydrogen-bond donors (Lipinski definition) is 0. The second kappa shape index (κ2) is 14.7. The third kappa shape index (κ3) is 5.21. The van der Waals surface area contributed by atoms with Gasteiger partial charge in [-0.05, 0) is 47.9 Å². The van der Waals surface area contributed by atoms with Crippen LogP contribution in [-0.4, -0.2) is 9.13 Å². The lowest BCUT2D eigenvalue weighted by Gasteiger charge is -2.26. The summed E-state index contributed by atoms with van der Waals surface area (Å²) in [7, 11) is 0. The van der Waals surface area contributed by atoms with Gasteiger partial charge in [0.1, 0.15) is 6.07 Å². The van der Waals surface area contributed by atoms with Gasteiger partial charge >= 0.3 is 0 Å². The molecule has 0 spiro atoms. The van der Waals surface area contributed by atoms with Crippen molar-refractivity contribution in [1.29, 1.82) is 5.26 Å². The Morgan fingerprint density at radius 2 is 0.900 bits per heavy atom. The molecule has 0 atom stereocenters. The molecule has 15 aromatic rings. The van der Waals surface area contributed by atoms with Gasteiger partial charge in [-0.3, -0.25) is 0 Å². The van der Waals surface area contributed by atoms with E-state index in [1.165, 1.54) is 52.0 Å². The summed E-state index contributed by atoms with van der Waals surface area (Å²) < 4.78 is 12.0. The second-order valence-corrected chi connectivity index (χ2v) is 21.2. The fraction of sp³-hybridized carbons (Fsp3) is 0.0159. The molecule has 0 aliphatic rings. The summed E-state index contributed by atoms with van der Waals surface area (Å²) in [6.07, 6.45) is 0. The molecule has 324 valence electrons. The van der Waals surface area contributed by atoms with E-state index >= 15 is 0 Å². The predicted octanol–water partition coefficient (Wildman–Crippen LogP) is 19.0. The highest BCUT2D eigenvalue weighted by atomic mass is 32.1. The molecule has 70 heavy (non-hydrogen) atoms. The van der Waals surface area contributed by atoms with Crippen molar-refractivity contribution < 1.29 is 0 Å². The van der Waals surface area contributed by atoms with Crippen molar-refractivity contribution in [2.24, 2.45) is 0 Å². The third-order valence-electron chi connectivity index (χ3n) is 14.5. The number of para-hydroxylation sites is 1. The van der Waals surface area contributed by atoms with E-state index in [0.717, 1.165) is 85.8 Å². The van der Waals surface area contributed by atoms with E-state index in [0.29, 0.717) is 16.8 Å². The fourth-order valence-electron chi connectivity index (χ4n) is 11.6. The van der Waals surface area contributed by atoms with E-state index in [1.807, 2.05) is 58.3 Å². The predicted molar refractivity (Wildman–Crippen MR) is 300 cm³/mol. The quantitative estimate of drug-likeness (QED) is 0.162. The van der Waals surface area contributed by atoms with Crippen LogP contribution in [0.1, 0.15) is 11.1 Å². The third-order valence-corrected chi connectivity index (χ3v) is 18.1. The number of aryl methyl sites for hydroxylation is 1. The van der Waals surface area contributed by atoms with Gasteiger partial charge in [0.2, 0.25) is 5.69 Å². The van der Waals surface area contributed by atoms with Crippen LogP contribution in [0.4, 0.5) is 5.69 Å². The lowest BCUT2D eigenvalue weighted by atomic mass is 9.88. The van der Waals surface area contributed by atoms with Crippen LogP contribution in [-0.2, 0) is 0 Å². The van der Waals surface area contributed by atoms with E-state index in [4.69, 9.17) is 0 Å². The molecule has 0 N–H and O–H groups in total. The molecule has 0 fully saturated rings. The zero-order valence-electron chi connectivity index (χ0n) is 37.4. The standard InChI is InChI=1S/C63H34N4S3/c1-35-16-15-27-51-52(35)46-33-30-41-38-21-9-12-24-48(38)66(57(41)63(46)70-51)56-47(34-64)53(36-17-5-3-6-18-36)55(65-2)60(54(56)37-19-7-4-8-20-37)67-58-42(28-31-44-39-22-10-13-25-49(39)68-61(44)58)43-29-32-45-40-23-11-14-26-50(40)69-62(45)59(43)67/h3-33H,1H3. The molecule has 5 heterocycles. The molecule has 5 aromatic heterocycles. The fourth-order valence-corrected chi connectivity index (χ4v) is 15.4. The van der Waals surface area contributed by atoms with Gasteiger partial charge in [-0.15, -0.1) is 34.0 Å². The maximum atomic E-state index is 12.1. The van der Waals surface area contributed by atoms with Crippen LogP contribution in [0.15, 0.2) is 188 Å². The van der Waals surface area contributed by atoms with Gasteiger partial charge in [0.05, 0.1) is 59.7 Å². The first-order valence-corrected chi connectivity index (χ1v) is 25.7. The van der Waals surface area contributed by atoms with E-state index in [1.54, 1.807) is 0 Å². The van der Waals surface area contributed by atoms with Gasteiger partial charge in [0.15, 0.2) is 0 Å². The summed E-state index contributed by atoms with van der Waals surface area (Å²) in [5, 5.41) is 23.8. The van der Waals surface area contributed by atoms with Crippen LogP contribution in [0.3, 0.4) is 0 Å². The van der Waals surface area contributed by atoms with E-state index in [9.17, 15) is 11.8 Å². The molecule has 0 aliphatic carbocycles. The van der Waals surface area contributed by atoms with Gasteiger partial charge < -0.3 is 9.13 Å². The highest BCUT2D eigenvalue weighted by molar-refractivity contribution is 7.27. The minimum atomic E-state index is 0.434. The van der Waals surface area contributed by atoms with Crippen molar-refractivity contribution >= 4 is 144 Å². The van der Waals surface area contributed by atoms with Crippen LogP contribution in [0.2, 0.25) is 0 Å². The molecular formula is C63H34N4S3. The molecule has 10 aromatic carbocycles. The Morgan fingerprint density at radius 3 is 1.51 bits per heavy atom. The Morgan fingerprint density at radius 1 is 0.429 bits per heavy atom. The first kappa shape index (κ1) is 39.4. The van der Waals surface area contributed by atoms with Gasteiger partial charge in [-0.2, -0.15) is 5.26 Å². The van der Waals surface area contributed by atoms with E-state index in [-0.39, 0.29) is 0 Å². The van der Waals surface area contributed by atoms with E-state index in [2.05, 4.69) is 191 Å². The zero-order valence-corrected chi connectivity index (χ0v) is 39.9. The summed E-state index contributed by atoms with van der Waals surface area (Å²) in [5.74, 6) is 0. The molecule has 0 amide bonds. The maximum absolute atomic E-state index is 12.1. The molecule has 15 rings (SSSR count). The molecular weight excluding hydrogens is 909 g/mol. The van der Waals surface area contributed by atoms with Gasteiger partial charge in [-0.25, -0.2) is 4.85 Å². The Labute approximate surface area is 412 Å². The summed E-state index contributed by atoms with van der Waals surface area (Å²) in [6, 6.07) is 69.8. The van der Waals surface area contributed by atoms with Crippen molar-refractivity contribution in [2.75, 3.05) is 0 Å². The topological polar surface area (TPSA) is 38.0 Å². The van der Waals surface area contributed by atoms with Crippen LogP contribution in [0, 0.1) is 24.8 Å². The minimum Gasteiger partial charge on any atom is -0.316 e. The smallest absolute Gasteiger partial charge is 0.220 e. The van der Waals surface area contributed by atoms with Crippen LogP contribution in [0.5, 0.6) is 0 Å². The van der Waals surface area contributed by atoms with Crippen LogP contribution >= 0.6 is 34.0 Å². The van der Waals surface area contributed by atoms with Crippen molar-refractivity contribution in [1.82, 2.24) is 9.13 Å². The van der Waals surface area contributed by atoms with Gasteiger partial charge in [-0.1, -0.05) is 164 Å². The summed E-state index contributed by atoms with van der Waals surface area (Å²) in [6.45, 7) is 11.7. The SMILES string of the molecule is [C-]#[N+]c1c(-c2ccccc2)c(C#N)c(-n2c3ccccc3c3ccc4c(sc5cccc(C)c54)c32)c(-c2ccccc2)c1-n1c2c(ccc3c4ccccc4sc32)c2ccc3c4ccccc4sc3c21. The normalized spacial score (nSPS) is 12.0. The lowest BCUT2D eigenvalue weighted by Crippen LogP contribution is -2.09. The monoisotopic (exact) mass is 942 g/mol. The van der Waals surface area contributed by atoms with Crippen molar-refractivity contribution in [3.63, 3.8) is 0 Å². The Hall–Kier alpha value is -8.56. The number of thiophene rings is 3. The number of nitrogens with zero attached hydrogens (tertiary/aromatic N) is 4. The number of fused-ring (bicyclic) bond motifs is 18. The van der Waals surface area contributed by atoms with Crippen LogP contribution < -0.4 is 0 Å². The Bertz CT molecular complexity index is 4730. The number of benzene rings is 10. The molecule has 0 radical (unpaired) electrons. The maximum Gasteiger partial charge on any atom is 0.220 e. The molecule has 0 aliphatic heterocycles. The Balaban J connectivity index is 1.27. The highest BCUT2D eigenvalue weighted by Gasteiger charge is 2.33. The van der Waals surface area contributed by atoms with Crippen molar-refractivity contribution in [3.8, 4) is 39.7 Å². The average Bonchev–Trinajstić information content (AvgIpc) is 4.23. The first-order valence-electron chi connectivity index (χ1n) is 23.3. The molecule has 0 unspecified atom stereocenters. The van der Waals surface area contributed by atoms with E-state index < -0.39 is 0 Å². The van der Waals surface area contributed by atoms with Gasteiger partial charge in [0, 0.05) is 79.1 Å². The average molecular weight is 943 g/mol. The first-order chi connectivity index (χ1) is 34.6. The second-order valence-electron chi connectivity index (χ2n) is 18.1. The number of aromatic nitrogens is 2. The summed E-state index contributed by atoms with van der Waals surface area (Å²) >= 11 is 5.43. The Kier molecular flexibility index (Phi) is 8.29. The molecule has 0 saturated heterocycles. The number of nitriles is 1. The number of rotatable bonds is 4. The molecule has 4 nitrogen and oxygen atoms in total. The van der Waals surface area contributed by atoms with Gasteiger partial charge in [0.25, 0.3) is 0 Å². The zero-order chi connectivity index (χ0) is 46.4. The van der Waals surface area contributed by atoms with Crippen molar-refractivity contribution in [3.05, 3.63) is 211 Å². The lowest BCUT2D eigenvalue weighted by molar-refractivity contribution is 1.14. The highest BCUT2D eigenvalue weighted by Crippen LogP contribution is 2.55. The van der Waals surface area contributed by atoms with Crippen LogP contribution in [0.25, 0.3) is 143 Å². The minimum absolute atomic E-state index is 0.434. The largest absolute Gasteiger partial charge is 0.316 e. The number of hydrogen-bond acceptors (Lipinski definition) is 4. The molecule has 0 bridgehead atoms. The van der Waals surface area contributed by atoms with Crippen molar-refractivity contribution in [2.45, 2.75) is 6.92 Å². The molecule has 0 saturated carbocycles. The summed E-state index contributed by atoms with van der Waals surface area (Å²) in [4.78, 5) is 4.67.